The van der Waals surface area contributed by atoms with Gasteiger partial charge in [-0.2, -0.15) is 0 Å². The summed E-state index contributed by atoms with van der Waals surface area (Å²) < 4.78 is 26.4. The largest absolute Gasteiger partial charge is 0.388 e. The molecule has 5 nitrogen and oxygen atoms in total. The minimum absolute atomic E-state index is 0.111. The molecule has 23 heavy (non-hydrogen) atoms. The molecule has 0 aromatic heterocycles. The van der Waals surface area contributed by atoms with Crippen molar-refractivity contribution in [2.75, 3.05) is 6.54 Å². The molecule has 6 heteroatoms. The van der Waals surface area contributed by atoms with Gasteiger partial charge in [0.25, 0.3) is 0 Å². The Morgan fingerprint density at radius 3 is 2.30 bits per heavy atom. The molecule has 122 valence electrons. The Hall–Kier alpha value is -2.02. The lowest BCUT2D eigenvalue weighted by molar-refractivity contribution is -0.119. The van der Waals surface area contributed by atoms with Crippen LogP contribution in [0, 0.1) is 6.92 Å². The van der Waals surface area contributed by atoms with E-state index < -0.39 is 16.1 Å². The zero-order chi connectivity index (χ0) is 16.9. The van der Waals surface area contributed by atoms with Gasteiger partial charge in [0.05, 0.1) is 17.5 Å². The van der Waals surface area contributed by atoms with Crippen molar-refractivity contribution in [1.82, 2.24) is 4.72 Å². The highest BCUT2D eigenvalue weighted by atomic mass is 32.2. The van der Waals surface area contributed by atoms with E-state index in [1.54, 1.807) is 36.4 Å². The first-order chi connectivity index (χ1) is 10.9. The lowest BCUT2D eigenvalue weighted by Crippen LogP contribution is -2.30. The van der Waals surface area contributed by atoms with Crippen molar-refractivity contribution in [3.63, 3.8) is 0 Å². The maximum absolute atomic E-state index is 12.1. The van der Waals surface area contributed by atoms with Crippen LogP contribution >= 0.6 is 0 Å². The van der Waals surface area contributed by atoms with E-state index >= 15 is 0 Å². The van der Waals surface area contributed by atoms with Crippen LogP contribution in [0.5, 0.6) is 0 Å². The quantitative estimate of drug-likeness (QED) is 0.811. The summed E-state index contributed by atoms with van der Waals surface area (Å²) in [5.74, 6) is -0.378. The predicted octanol–water partition coefficient (Wildman–Crippen LogP) is 1.97. The molecule has 0 aliphatic carbocycles. The van der Waals surface area contributed by atoms with Crippen molar-refractivity contribution in [2.24, 2.45) is 0 Å². The Kier molecular flexibility index (Phi) is 5.65. The normalized spacial score (nSPS) is 12.8. The van der Waals surface area contributed by atoms with Crippen LogP contribution in [0.2, 0.25) is 0 Å². The smallest absolute Gasteiger partial charge is 0.240 e. The number of Topliss-reactive ketones (excluding diaryl/α,β-unsaturated/α-hetero) is 1. The number of hydrogen-bond acceptors (Lipinski definition) is 4. The first-order valence-electron chi connectivity index (χ1n) is 7.19. The Balaban J connectivity index is 1.92. The van der Waals surface area contributed by atoms with E-state index in [9.17, 15) is 18.3 Å². The highest BCUT2D eigenvalue weighted by Gasteiger charge is 2.17. The number of hydrogen-bond donors (Lipinski definition) is 2. The highest BCUT2D eigenvalue weighted by Crippen LogP contribution is 2.16. The average Bonchev–Trinajstić information content (AvgIpc) is 2.54. The van der Waals surface area contributed by atoms with Gasteiger partial charge in [0.1, 0.15) is 0 Å². The zero-order valence-electron chi connectivity index (χ0n) is 12.8. The van der Waals surface area contributed by atoms with Crippen molar-refractivity contribution in [2.45, 2.75) is 24.3 Å². The maximum atomic E-state index is 12.1. The van der Waals surface area contributed by atoms with Crippen LogP contribution in [0.25, 0.3) is 0 Å². The average molecular weight is 333 g/mol. The molecule has 2 rings (SSSR count). The van der Waals surface area contributed by atoms with Gasteiger partial charge in [-0.1, -0.05) is 48.0 Å². The number of aliphatic hydroxyl groups is 1. The summed E-state index contributed by atoms with van der Waals surface area (Å²) in [5.41, 5.74) is 1.58. The second kappa shape index (κ2) is 7.50. The Morgan fingerprint density at radius 2 is 1.70 bits per heavy atom. The molecule has 0 amide bonds. The fraction of sp³-hybridized carbons (Fsp3) is 0.235. The van der Waals surface area contributed by atoms with Crippen molar-refractivity contribution >= 4 is 15.8 Å². The third-order valence-corrected chi connectivity index (χ3v) is 4.81. The predicted molar refractivity (Wildman–Crippen MR) is 87.4 cm³/mol. The van der Waals surface area contributed by atoms with Crippen molar-refractivity contribution in [3.05, 3.63) is 65.7 Å². The van der Waals surface area contributed by atoms with Crippen LogP contribution in [0.15, 0.2) is 59.5 Å². The number of ketones is 1. The van der Waals surface area contributed by atoms with Gasteiger partial charge in [-0.3, -0.25) is 4.79 Å². The van der Waals surface area contributed by atoms with Gasteiger partial charge in [-0.25, -0.2) is 13.1 Å². The van der Waals surface area contributed by atoms with Crippen molar-refractivity contribution < 1.29 is 18.3 Å². The summed E-state index contributed by atoms with van der Waals surface area (Å²) in [6.07, 6.45) is -1.08. The number of benzene rings is 2. The van der Waals surface area contributed by atoms with Crippen LogP contribution < -0.4 is 4.72 Å². The summed E-state index contributed by atoms with van der Waals surface area (Å²) in [5, 5.41) is 9.97. The monoisotopic (exact) mass is 333 g/mol. The molecule has 2 aromatic rings. The number of carbonyl (C=O) groups is 1. The van der Waals surface area contributed by atoms with Crippen molar-refractivity contribution in [3.8, 4) is 0 Å². The standard InChI is InChI=1S/C17H19NO4S/c1-13-7-9-16(10-8-13)23(21,22)18-12-15(19)11-17(20)14-5-3-2-4-6-14/h2-10,17-18,20H,11-12H2,1H3. The van der Waals surface area contributed by atoms with E-state index in [2.05, 4.69) is 4.72 Å². The van der Waals surface area contributed by atoms with Gasteiger partial charge in [0, 0.05) is 6.42 Å². The van der Waals surface area contributed by atoms with Gasteiger partial charge in [0.2, 0.25) is 10.0 Å². The fourth-order valence-corrected chi connectivity index (χ4v) is 3.07. The van der Waals surface area contributed by atoms with E-state index in [0.29, 0.717) is 5.56 Å². The number of aryl methyl sites for hydroxylation is 1. The first kappa shape index (κ1) is 17.3. The fourth-order valence-electron chi connectivity index (χ4n) is 2.06. The van der Waals surface area contributed by atoms with Gasteiger partial charge in [-0.05, 0) is 24.6 Å². The summed E-state index contributed by atoms with van der Waals surface area (Å²) in [6, 6.07) is 15.1. The number of rotatable bonds is 7. The molecule has 0 radical (unpaired) electrons. The van der Waals surface area contributed by atoms with E-state index in [1.165, 1.54) is 12.1 Å². The Labute approximate surface area is 136 Å². The number of aliphatic hydroxyl groups excluding tert-OH is 1. The van der Waals surface area contributed by atoms with Crippen LogP contribution in [-0.4, -0.2) is 25.9 Å². The molecular weight excluding hydrogens is 314 g/mol. The molecule has 0 heterocycles. The minimum Gasteiger partial charge on any atom is -0.388 e. The second-order valence-corrected chi connectivity index (χ2v) is 7.07. The minimum atomic E-state index is -3.72. The van der Waals surface area contributed by atoms with Gasteiger partial charge in [0.15, 0.2) is 5.78 Å². The summed E-state index contributed by atoms with van der Waals surface area (Å²) in [4.78, 5) is 12.0. The molecule has 2 N–H and O–H groups in total. The molecule has 0 aliphatic rings. The molecule has 2 aromatic carbocycles. The third kappa shape index (κ3) is 4.99. The van der Waals surface area contributed by atoms with Crippen LogP contribution in [0.3, 0.4) is 0 Å². The molecular formula is C17H19NO4S. The Bertz CT molecular complexity index is 755. The number of carbonyl (C=O) groups excluding carboxylic acids is 1. The van der Waals surface area contributed by atoms with Gasteiger partial charge < -0.3 is 5.11 Å². The molecule has 1 atom stereocenters. The molecule has 0 saturated heterocycles. The van der Waals surface area contributed by atoms with Crippen LogP contribution in [0.4, 0.5) is 0 Å². The molecule has 1 unspecified atom stereocenters. The van der Waals surface area contributed by atoms with E-state index in [4.69, 9.17) is 0 Å². The highest BCUT2D eigenvalue weighted by molar-refractivity contribution is 7.89. The van der Waals surface area contributed by atoms with E-state index in [1.807, 2.05) is 13.0 Å². The lowest BCUT2D eigenvalue weighted by Gasteiger charge is -2.11. The summed E-state index contributed by atoms with van der Waals surface area (Å²) >= 11 is 0. The topological polar surface area (TPSA) is 83.5 Å². The molecule has 0 spiro atoms. The lowest BCUT2D eigenvalue weighted by atomic mass is 10.0. The number of nitrogens with one attached hydrogen (secondary N) is 1. The van der Waals surface area contributed by atoms with Gasteiger partial charge >= 0.3 is 0 Å². The summed E-state index contributed by atoms with van der Waals surface area (Å²) in [6.45, 7) is 1.51. The second-order valence-electron chi connectivity index (χ2n) is 5.31. The molecule has 0 bridgehead atoms. The maximum Gasteiger partial charge on any atom is 0.240 e. The van der Waals surface area contributed by atoms with Gasteiger partial charge in [-0.15, -0.1) is 0 Å². The molecule has 0 aliphatic heterocycles. The third-order valence-electron chi connectivity index (χ3n) is 3.40. The molecule has 0 fully saturated rings. The van der Waals surface area contributed by atoms with E-state index in [-0.39, 0.29) is 23.6 Å². The van der Waals surface area contributed by atoms with E-state index in [0.717, 1.165) is 5.56 Å². The SMILES string of the molecule is Cc1ccc(S(=O)(=O)NCC(=O)CC(O)c2ccccc2)cc1. The van der Waals surface area contributed by atoms with Crippen molar-refractivity contribution in [1.29, 1.82) is 0 Å². The molecule has 0 saturated carbocycles. The van der Waals surface area contributed by atoms with Crippen LogP contribution in [-0.2, 0) is 14.8 Å². The summed E-state index contributed by atoms with van der Waals surface area (Å²) in [7, 11) is -3.72. The zero-order valence-corrected chi connectivity index (χ0v) is 13.6. The number of sulfonamides is 1. The van der Waals surface area contributed by atoms with Crippen LogP contribution in [0.1, 0.15) is 23.7 Å². The first-order valence-corrected chi connectivity index (χ1v) is 8.68. The Morgan fingerprint density at radius 1 is 1.09 bits per heavy atom.